The molecular formula is C15H22N2O4S2. The zero-order valence-electron chi connectivity index (χ0n) is 13.6. The van der Waals surface area contributed by atoms with Crippen LogP contribution in [-0.2, 0) is 19.9 Å². The first-order chi connectivity index (χ1) is 10.6. The van der Waals surface area contributed by atoms with Gasteiger partial charge in [0.1, 0.15) is 0 Å². The SMILES string of the molecule is Cc1cc(C)cc(S(=O)(=O)N2CCN(C)[C@H]3CS(=O)(=O)C[C@H]32)c1. The lowest BCUT2D eigenvalue weighted by atomic mass is 10.1. The fourth-order valence-corrected chi connectivity index (χ4v) is 7.59. The number of aryl methyl sites for hydroxylation is 2. The van der Waals surface area contributed by atoms with E-state index in [2.05, 4.69) is 0 Å². The molecule has 2 aliphatic heterocycles. The maximum atomic E-state index is 13.1. The molecular weight excluding hydrogens is 336 g/mol. The van der Waals surface area contributed by atoms with Crippen LogP contribution in [0.2, 0.25) is 0 Å². The number of likely N-dealkylation sites (N-methyl/N-ethyl adjacent to an activating group) is 1. The second-order valence-electron chi connectivity index (χ2n) is 6.63. The Morgan fingerprint density at radius 3 is 2.17 bits per heavy atom. The van der Waals surface area contributed by atoms with Gasteiger partial charge in [0.2, 0.25) is 10.0 Å². The molecule has 2 heterocycles. The molecule has 0 aromatic heterocycles. The van der Waals surface area contributed by atoms with E-state index < -0.39 is 25.9 Å². The van der Waals surface area contributed by atoms with Gasteiger partial charge in [0, 0.05) is 19.1 Å². The highest BCUT2D eigenvalue weighted by Crippen LogP contribution is 2.31. The number of fused-ring (bicyclic) bond motifs is 1. The van der Waals surface area contributed by atoms with Crippen molar-refractivity contribution >= 4 is 19.9 Å². The molecule has 0 aliphatic carbocycles. The van der Waals surface area contributed by atoms with Gasteiger partial charge in [-0.15, -0.1) is 0 Å². The second kappa shape index (κ2) is 5.54. The summed E-state index contributed by atoms with van der Waals surface area (Å²) in [5.41, 5.74) is 1.77. The molecule has 2 aliphatic rings. The Bertz CT molecular complexity index is 813. The highest BCUT2D eigenvalue weighted by Gasteiger charge is 2.49. The van der Waals surface area contributed by atoms with Gasteiger partial charge in [-0.3, -0.25) is 4.90 Å². The summed E-state index contributed by atoms with van der Waals surface area (Å²) >= 11 is 0. The van der Waals surface area contributed by atoms with Crippen LogP contribution in [0.5, 0.6) is 0 Å². The molecule has 2 atom stereocenters. The van der Waals surface area contributed by atoms with E-state index in [1.807, 2.05) is 31.9 Å². The predicted octanol–water partition coefficient (Wildman–Crippen LogP) is 0.405. The summed E-state index contributed by atoms with van der Waals surface area (Å²) in [6.45, 7) is 4.58. The molecule has 0 unspecified atom stereocenters. The van der Waals surface area contributed by atoms with Crippen LogP contribution in [0.15, 0.2) is 23.1 Å². The summed E-state index contributed by atoms with van der Waals surface area (Å²) in [5, 5.41) is 0. The van der Waals surface area contributed by atoms with Crippen molar-refractivity contribution in [3.63, 3.8) is 0 Å². The van der Waals surface area contributed by atoms with E-state index in [4.69, 9.17) is 0 Å². The Balaban J connectivity index is 2.02. The third kappa shape index (κ3) is 3.05. The number of sulfone groups is 1. The van der Waals surface area contributed by atoms with Crippen molar-refractivity contribution < 1.29 is 16.8 Å². The third-order valence-corrected chi connectivity index (χ3v) is 8.31. The first kappa shape index (κ1) is 16.9. The summed E-state index contributed by atoms with van der Waals surface area (Å²) in [6, 6.07) is 4.48. The Morgan fingerprint density at radius 2 is 1.57 bits per heavy atom. The molecule has 0 bridgehead atoms. The van der Waals surface area contributed by atoms with E-state index in [-0.39, 0.29) is 22.4 Å². The van der Waals surface area contributed by atoms with Gasteiger partial charge in [0.05, 0.1) is 22.4 Å². The van der Waals surface area contributed by atoms with Gasteiger partial charge in [-0.25, -0.2) is 16.8 Å². The van der Waals surface area contributed by atoms with Crippen molar-refractivity contribution in [1.29, 1.82) is 0 Å². The van der Waals surface area contributed by atoms with E-state index in [1.54, 1.807) is 12.1 Å². The number of sulfonamides is 1. The van der Waals surface area contributed by atoms with E-state index >= 15 is 0 Å². The zero-order valence-corrected chi connectivity index (χ0v) is 15.2. The lowest BCUT2D eigenvalue weighted by Crippen LogP contribution is -2.59. The van der Waals surface area contributed by atoms with Crippen LogP contribution in [0.25, 0.3) is 0 Å². The lowest BCUT2D eigenvalue weighted by molar-refractivity contribution is 0.121. The fraction of sp³-hybridized carbons (Fsp3) is 0.600. The van der Waals surface area contributed by atoms with Gasteiger partial charge < -0.3 is 0 Å². The number of benzene rings is 1. The van der Waals surface area contributed by atoms with Crippen molar-refractivity contribution in [1.82, 2.24) is 9.21 Å². The Morgan fingerprint density at radius 1 is 1.00 bits per heavy atom. The van der Waals surface area contributed by atoms with Crippen LogP contribution < -0.4 is 0 Å². The van der Waals surface area contributed by atoms with Crippen molar-refractivity contribution in [3.05, 3.63) is 29.3 Å². The van der Waals surface area contributed by atoms with Crippen molar-refractivity contribution in [2.45, 2.75) is 30.8 Å². The Labute approximate surface area is 138 Å². The Hall–Kier alpha value is -0.960. The number of rotatable bonds is 2. The van der Waals surface area contributed by atoms with Crippen molar-refractivity contribution in [2.24, 2.45) is 0 Å². The summed E-state index contributed by atoms with van der Waals surface area (Å²) < 4.78 is 51.6. The maximum Gasteiger partial charge on any atom is 0.243 e. The highest BCUT2D eigenvalue weighted by molar-refractivity contribution is 7.92. The Kier molecular flexibility index (Phi) is 4.07. The molecule has 3 rings (SSSR count). The van der Waals surface area contributed by atoms with Crippen LogP contribution in [0, 0.1) is 13.8 Å². The molecule has 0 spiro atoms. The normalized spacial score (nSPS) is 28.7. The highest BCUT2D eigenvalue weighted by atomic mass is 32.2. The van der Waals surface area contributed by atoms with E-state index in [1.165, 1.54) is 4.31 Å². The van der Waals surface area contributed by atoms with E-state index in [0.29, 0.717) is 13.1 Å². The predicted molar refractivity (Wildman–Crippen MR) is 88.7 cm³/mol. The molecule has 2 fully saturated rings. The second-order valence-corrected chi connectivity index (χ2v) is 10.7. The smallest absolute Gasteiger partial charge is 0.243 e. The topological polar surface area (TPSA) is 74.8 Å². The lowest BCUT2D eigenvalue weighted by Gasteiger charge is -2.41. The molecule has 0 amide bonds. The quantitative estimate of drug-likeness (QED) is 0.765. The molecule has 128 valence electrons. The summed E-state index contributed by atoms with van der Waals surface area (Å²) in [5.74, 6) is -0.0565. The van der Waals surface area contributed by atoms with Crippen LogP contribution in [0.1, 0.15) is 11.1 Å². The van der Waals surface area contributed by atoms with Gasteiger partial charge in [-0.1, -0.05) is 6.07 Å². The van der Waals surface area contributed by atoms with Crippen molar-refractivity contribution in [3.8, 4) is 0 Å². The summed E-state index contributed by atoms with van der Waals surface area (Å²) in [6.07, 6.45) is 0. The van der Waals surface area contributed by atoms with E-state index in [0.717, 1.165) is 11.1 Å². The molecule has 0 saturated carbocycles. The minimum atomic E-state index is -3.69. The molecule has 1 aromatic carbocycles. The minimum absolute atomic E-state index is 0.0348. The number of piperazine rings is 1. The molecule has 1 aromatic rings. The number of hydrogen-bond acceptors (Lipinski definition) is 5. The number of hydrogen-bond donors (Lipinski definition) is 0. The molecule has 0 radical (unpaired) electrons. The van der Waals surface area contributed by atoms with Gasteiger partial charge in [-0.05, 0) is 44.2 Å². The zero-order chi connectivity index (χ0) is 17.0. The van der Waals surface area contributed by atoms with Crippen LogP contribution in [0.3, 0.4) is 0 Å². The minimum Gasteiger partial charge on any atom is -0.299 e. The first-order valence-electron chi connectivity index (χ1n) is 7.61. The molecule has 6 nitrogen and oxygen atoms in total. The van der Waals surface area contributed by atoms with Crippen LogP contribution in [-0.4, -0.2) is 69.8 Å². The van der Waals surface area contributed by atoms with Gasteiger partial charge >= 0.3 is 0 Å². The van der Waals surface area contributed by atoms with Crippen LogP contribution >= 0.6 is 0 Å². The van der Waals surface area contributed by atoms with Gasteiger partial charge in [0.25, 0.3) is 0 Å². The largest absolute Gasteiger partial charge is 0.299 e. The average Bonchev–Trinajstić information content (AvgIpc) is 2.73. The first-order valence-corrected chi connectivity index (χ1v) is 10.9. The standard InChI is InChI=1S/C15H22N2O4S2/c1-11-6-12(2)8-13(7-11)23(20,21)17-5-4-16(3)14-9-22(18,19)10-15(14)17/h6-8,14-15H,4-5,9-10H2,1-3H3/t14-,15+/m0/s1. The fourth-order valence-electron chi connectivity index (χ4n) is 3.61. The summed E-state index contributed by atoms with van der Waals surface area (Å²) in [4.78, 5) is 2.21. The molecule has 2 saturated heterocycles. The third-order valence-electron chi connectivity index (χ3n) is 4.70. The number of nitrogens with zero attached hydrogens (tertiary/aromatic N) is 2. The maximum absolute atomic E-state index is 13.1. The molecule has 8 heteroatoms. The van der Waals surface area contributed by atoms with Gasteiger partial charge in [-0.2, -0.15) is 4.31 Å². The van der Waals surface area contributed by atoms with E-state index in [9.17, 15) is 16.8 Å². The molecule has 23 heavy (non-hydrogen) atoms. The monoisotopic (exact) mass is 358 g/mol. The van der Waals surface area contributed by atoms with Crippen LogP contribution in [0.4, 0.5) is 0 Å². The summed E-state index contributed by atoms with van der Waals surface area (Å²) in [7, 11) is -5.03. The molecule has 0 N–H and O–H groups in total. The van der Waals surface area contributed by atoms with Gasteiger partial charge in [0.15, 0.2) is 9.84 Å². The average molecular weight is 358 g/mol. The van der Waals surface area contributed by atoms with Crippen molar-refractivity contribution in [2.75, 3.05) is 31.6 Å².